The van der Waals surface area contributed by atoms with Gasteiger partial charge in [-0.25, -0.2) is 4.79 Å². The minimum Gasteiger partial charge on any atom is -0.506 e. The number of hydrogen-bond acceptors (Lipinski definition) is 10. The van der Waals surface area contributed by atoms with Crippen molar-refractivity contribution in [2.24, 2.45) is 5.92 Å². The summed E-state index contributed by atoms with van der Waals surface area (Å²) in [6.45, 7) is 8.20. The predicted molar refractivity (Wildman–Crippen MR) is 224 cm³/mol. The van der Waals surface area contributed by atoms with Crippen LogP contribution in [0.4, 0.5) is 23.7 Å². The zero-order valence-corrected chi connectivity index (χ0v) is 36.2. The highest BCUT2D eigenvalue weighted by atomic mass is 19.4. The number of rotatable bonds is 15. The lowest BCUT2D eigenvalue weighted by Crippen LogP contribution is -2.59. The highest BCUT2D eigenvalue weighted by Crippen LogP contribution is 2.39. The number of halogens is 3. The molecule has 342 valence electrons. The second-order valence-electron chi connectivity index (χ2n) is 18.0. The van der Waals surface area contributed by atoms with Crippen molar-refractivity contribution < 1.29 is 56.4 Å². The molecule has 4 aliphatic rings. The number of nitrogens with one attached hydrogen (secondary N) is 2. The molecule has 0 bridgehead atoms. The molecule has 0 aromatic heterocycles. The molecule has 2 aromatic carbocycles. The van der Waals surface area contributed by atoms with Crippen molar-refractivity contribution in [2.75, 3.05) is 71.0 Å². The van der Waals surface area contributed by atoms with Crippen molar-refractivity contribution in [3.05, 3.63) is 53.1 Å². The van der Waals surface area contributed by atoms with E-state index >= 15 is 0 Å². The average Bonchev–Trinajstić information content (AvgIpc) is 3.22. The van der Waals surface area contributed by atoms with E-state index in [-0.39, 0.29) is 87.6 Å². The molecule has 2 aromatic rings. The molecule has 6 rings (SSSR count). The maximum Gasteiger partial charge on any atom is 0.471 e. The van der Waals surface area contributed by atoms with Crippen LogP contribution in [0.15, 0.2) is 36.4 Å². The summed E-state index contributed by atoms with van der Waals surface area (Å²) in [5.74, 6) is -1.83. The first-order valence-corrected chi connectivity index (χ1v) is 21.9. The number of alkyl halides is 3. The number of phenolic OH excluding ortho intramolecular Hbond substituents is 1. The minimum atomic E-state index is -4.89. The van der Waals surface area contributed by atoms with Crippen molar-refractivity contribution in [3.8, 4) is 11.5 Å². The van der Waals surface area contributed by atoms with Crippen LogP contribution >= 0.6 is 0 Å². The van der Waals surface area contributed by atoms with Crippen molar-refractivity contribution in [1.29, 1.82) is 0 Å². The Labute approximate surface area is 361 Å². The van der Waals surface area contributed by atoms with Crippen molar-refractivity contribution >= 4 is 29.5 Å². The summed E-state index contributed by atoms with van der Waals surface area (Å²) in [4.78, 5) is 55.2. The summed E-state index contributed by atoms with van der Waals surface area (Å²) in [6.07, 6.45) is 1.94. The molecule has 3 aliphatic heterocycles. The number of amides is 4. The number of nitrogens with zero attached hydrogens (tertiary/aromatic N) is 3. The van der Waals surface area contributed by atoms with E-state index in [2.05, 4.69) is 33.7 Å². The normalized spacial score (nSPS) is 18.9. The van der Waals surface area contributed by atoms with Crippen LogP contribution in [0, 0.1) is 5.92 Å². The lowest BCUT2D eigenvalue weighted by Gasteiger charge is -2.47. The van der Waals surface area contributed by atoms with Gasteiger partial charge in [0.15, 0.2) is 12.4 Å². The largest absolute Gasteiger partial charge is 0.506 e. The third-order valence-electron chi connectivity index (χ3n) is 12.1. The van der Waals surface area contributed by atoms with Gasteiger partial charge >= 0.3 is 18.2 Å². The molecule has 1 aliphatic carbocycles. The van der Waals surface area contributed by atoms with Gasteiger partial charge in [0, 0.05) is 45.8 Å². The van der Waals surface area contributed by atoms with E-state index in [0.717, 1.165) is 48.1 Å². The Balaban J connectivity index is 0.984. The van der Waals surface area contributed by atoms with Crippen LogP contribution in [0.2, 0.25) is 0 Å². The number of aromatic hydroxyl groups is 1. The Morgan fingerprint density at radius 2 is 1.76 bits per heavy atom. The third kappa shape index (κ3) is 13.2. The maximum absolute atomic E-state index is 13.5. The van der Waals surface area contributed by atoms with E-state index < -0.39 is 29.4 Å². The molecule has 14 nitrogen and oxygen atoms in total. The lowest BCUT2D eigenvalue weighted by atomic mass is 9.84. The van der Waals surface area contributed by atoms with Gasteiger partial charge in [-0.2, -0.15) is 13.2 Å². The summed E-state index contributed by atoms with van der Waals surface area (Å²) < 4.78 is 63.1. The molecule has 2 saturated heterocycles. The number of fused-ring (bicyclic) bond motifs is 1. The van der Waals surface area contributed by atoms with Crippen LogP contribution in [0.25, 0.3) is 0 Å². The van der Waals surface area contributed by atoms with E-state index in [0.29, 0.717) is 63.2 Å². The van der Waals surface area contributed by atoms with Crippen LogP contribution in [-0.2, 0) is 48.0 Å². The monoisotopic (exact) mass is 873 g/mol. The molecule has 17 heteroatoms. The van der Waals surface area contributed by atoms with Crippen molar-refractivity contribution in [2.45, 2.75) is 115 Å². The van der Waals surface area contributed by atoms with Crippen LogP contribution in [0.5, 0.6) is 11.5 Å². The fraction of sp³-hybridized carbons (Fsp3) is 0.644. The fourth-order valence-electron chi connectivity index (χ4n) is 8.83. The van der Waals surface area contributed by atoms with E-state index in [1.165, 1.54) is 11.0 Å². The highest BCUT2D eigenvalue weighted by Gasteiger charge is 2.48. The van der Waals surface area contributed by atoms with Crippen molar-refractivity contribution in [1.82, 2.24) is 20.0 Å². The molecule has 1 atom stereocenters. The maximum atomic E-state index is 13.5. The molecule has 3 heterocycles. The average molecular weight is 874 g/mol. The second kappa shape index (κ2) is 20.7. The molecule has 0 radical (unpaired) electrons. The topological polar surface area (TPSA) is 159 Å². The zero-order chi connectivity index (χ0) is 44.5. The number of hydrogen-bond donors (Lipinski definition) is 3. The van der Waals surface area contributed by atoms with E-state index in [9.17, 15) is 37.5 Å². The number of carbonyl (C=O) groups excluding carboxylic acids is 4. The molecule has 4 amide bonds. The molecule has 3 N–H and O–H groups in total. The number of ether oxygens (including phenoxy) is 4. The van der Waals surface area contributed by atoms with Crippen LogP contribution in [-0.4, -0.2) is 133 Å². The highest BCUT2D eigenvalue weighted by molar-refractivity contribution is 5.97. The van der Waals surface area contributed by atoms with Crippen molar-refractivity contribution in [3.63, 3.8) is 0 Å². The van der Waals surface area contributed by atoms with E-state index in [1.54, 1.807) is 26.8 Å². The summed E-state index contributed by atoms with van der Waals surface area (Å²) in [7, 11) is 0. The third-order valence-corrected chi connectivity index (χ3v) is 12.1. The number of likely N-dealkylation sites (tertiary alicyclic amines) is 1. The molecule has 62 heavy (non-hydrogen) atoms. The van der Waals surface area contributed by atoms with Gasteiger partial charge in [0.1, 0.15) is 17.0 Å². The zero-order valence-electron chi connectivity index (χ0n) is 36.2. The van der Waals surface area contributed by atoms with Gasteiger partial charge in [-0.15, -0.1) is 0 Å². The lowest BCUT2D eigenvalue weighted by molar-refractivity contribution is -0.200. The predicted octanol–water partition coefficient (Wildman–Crippen LogP) is 5.97. The number of benzene rings is 2. The first-order valence-electron chi connectivity index (χ1n) is 21.9. The standard InChI is InChI=1S/C45H62F3N5O9/c1-43(2,3)62-42(58)52(19-14-34-12-13-35(54)39-40(34)60-29-38(56)50-39)22-18-49-37(55)27-36(33-10-5-4-6-11-33)59-24-15-31-8-7-9-32(26-31)28-51-20-16-44(17-21-51)30-53(23-25-61-44)41(57)45(46,47)48/h7-9,12-13,26,33,36,54H,4-6,10-11,14-25,27-30H2,1-3H3,(H,49,55)(H,50,56). The molecular formula is C45H62F3N5O9. The second-order valence-corrected chi connectivity index (χ2v) is 18.0. The molecule has 1 unspecified atom stereocenters. The SMILES string of the molecule is CC(C)(C)OC(=O)N(CCNC(=O)CC(OCCc1cccc(CN2CCC3(CC2)CN(C(=O)C(F)(F)F)CCO3)c1)C1CCCCC1)CCc1ccc(O)c2c1OCC(=O)N2. The van der Waals surface area contributed by atoms with Gasteiger partial charge in [0.25, 0.3) is 5.91 Å². The fourth-order valence-corrected chi connectivity index (χ4v) is 8.83. The molecule has 3 fully saturated rings. The van der Waals surface area contributed by atoms with Gasteiger partial charge < -0.3 is 44.5 Å². The van der Waals surface area contributed by atoms with Crippen LogP contribution < -0.4 is 15.4 Å². The molecule has 1 saturated carbocycles. The van der Waals surface area contributed by atoms with Gasteiger partial charge in [-0.05, 0) is 88.0 Å². The Morgan fingerprint density at radius 1 is 1.02 bits per heavy atom. The van der Waals surface area contributed by atoms with E-state index in [1.807, 2.05) is 6.07 Å². The quantitative estimate of drug-likeness (QED) is 0.182. The Morgan fingerprint density at radius 3 is 2.48 bits per heavy atom. The number of carbonyl (C=O) groups is 4. The Hall–Kier alpha value is -4.61. The van der Waals surface area contributed by atoms with Gasteiger partial charge in [-0.3, -0.25) is 19.3 Å². The number of phenols is 1. The van der Waals surface area contributed by atoms with Crippen LogP contribution in [0.1, 0.15) is 88.8 Å². The summed E-state index contributed by atoms with van der Waals surface area (Å²) >= 11 is 0. The molecule has 1 spiro atoms. The smallest absolute Gasteiger partial charge is 0.471 e. The molecular weight excluding hydrogens is 812 g/mol. The summed E-state index contributed by atoms with van der Waals surface area (Å²) in [5.41, 5.74) is 1.62. The summed E-state index contributed by atoms with van der Waals surface area (Å²) in [6, 6.07) is 11.4. The number of morpholine rings is 1. The minimum absolute atomic E-state index is 0.0455. The van der Waals surface area contributed by atoms with Crippen LogP contribution in [0.3, 0.4) is 0 Å². The van der Waals surface area contributed by atoms with Gasteiger partial charge in [0.05, 0.1) is 37.9 Å². The first kappa shape index (κ1) is 46.9. The van der Waals surface area contributed by atoms with Gasteiger partial charge in [0.2, 0.25) is 5.91 Å². The number of piperidine rings is 1. The Kier molecular flexibility index (Phi) is 15.7. The number of anilines is 1. The van der Waals surface area contributed by atoms with Gasteiger partial charge in [-0.1, -0.05) is 49.6 Å². The van der Waals surface area contributed by atoms with E-state index in [4.69, 9.17) is 18.9 Å². The Bertz CT molecular complexity index is 1880. The first-order chi connectivity index (χ1) is 29.5. The summed E-state index contributed by atoms with van der Waals surface area (Å²) in [5, 5.41) is 15.9.